The summed E-state index contributed by atoms with van der Waals surface area (Å²) in [6.45, 7) is 7.80. The summed E-state index contributed by atoms with van der Waals surface area (Å²) in [5.74, 6) is 1.13. The number of hydrogen-bond donors (Lipinski definition) is 1. The van der Waals surface area contributed by atoms with E-state index in [-0.39, 0.29) is 5.41 Å². The molecule has 0 fully saturated rings. The lowest BCUT2D eigenvalue weighted by molar-refractivity contribution is 0.590. The Morgan fingerprint density at radius 3 is 2.20 bits per heavy atom. The third-order valence-corrected chi connectivity index (χ3v) is 3.35. The Morgan fingerprint density at radius 2 is 1.73 bits per heavy atom. The van der Waals surface area contributed by atoms with E-state index in [1.807, 2.05) is 18.8 Å². The molecule has 0 spiro atoms. The van der Waals surface area contributed by atoms with E-state index in [0.717, 1.165) is 12.3 Å². The van der Waals surface area contributed by atoms with Crippen LogP contribution in [0.4, 0.5) is 0 Å². The highest BCUT2D eigenvalue weighted by Crippen LogP contribution is 2.25. The van der Waals surface area contributed by atoms with Gasteiger partial charge in [0.05, 0.1) is 0 Å². The van der Waals surface area contributed by atoms with Gasteiger partial charge in [-0.3, -0.25) is 0 Å². The van der Waals surface area contributed by atoms with Crippen LogP contribution in [0.1, 0.15) is 26.3 Å². The maximum Gasteiger partial charge on any atom is 0.0105 e. The standard InChI is InChI=1S/C13H21NS/c1-13(2,3)11-5-7-12(8-6-11)15-10-9-14-4/h5-8,14H,9-10H2,1-4H3. The fourth-order valence-corrected chi connectivity index (χ4v) is 2.19. The van der Waals surface area contributed by atoms with Gasteiger partial charge in [0, 0.05) is 17.2 Å². The van der Waals surface area contributed by atoms with Gasteiger partial charge in [-0.25, -0.2) is 0 Å². The summed E-state index contributed by atoms with van der Waals surface area (Å²) in [5.41, 5.74) is 1.66. The molecule has 0 radical (unpaired) electrons. The lowest BCUT2D eigenvalue weighted by atomic mass is 9.87. The van der Waals surface area contributed by atoms with Gasteiger partial charge >= 0.3 is 0 Å². The molecule has 0 amide bonds. The summed E-state index contributed by atoms with van der Waals surface area (Å²) in [6.07, 6.45) is 0. The maximum atomic E-state index is 3.15. The largest absolute Gasteiger partial charge is 0.319 e. The first kappa shape index (κ1) is 12.6. The summed E-state index contributed by atoms with van der Waals surface area (Å²) in [7, 11) is 1.99. The van der Waals surface area contributed by atoms with Crippen LogP contribution in [0.3, 0.4) is 0 Å². The Bertz CT molecular complexity index is 284. The molecule has 0 unspecified atom stereocenters. The summed E-state index contributed by atoms with van der Waals surface area (Å²) in [4.78, 5) is 1.36. The smallest absolute Gasteiger partial charge is 0.0105 e. The van der Waals surface area contributed by atoms with E-state index in [0.29, 0.717) is 0 Å². The Morgan fingerprint density at radius 1 is 1.13 bits per heavy atom. The zero-order chi connectivity index (χ0) is 11.3. The van der Waals surface area contributed by atoms with Gasteiger partial charge in [-0.1, -0.05) is 32.9 Å². The number of nitrogens with one attached hydrogen (secondary N) is 1. The predicted molar refractivity (Wildman–Crippen MR) is 69.8 cm³/mol. The molecule has 0 atom stereocenters. The van der Waals surface area contributed by atoms with E-state index in [1.54, 1.807) is 0 Å². The SMILES string of the molecule is CNCCSc1ccc(C(C)(C)C)cc1. The predicted octanol–water partition coefficient (Wildman–Crippen LogP) is 3.30. The van der Waals surface area contributed by atoms with Crippen LogP contribution in [-0.2, 0) is 5.41 Å². The highest BCUT2D eigenvalue weighted by Gasteiger charge is 2.12. The van der Waals surface area contributed by atoms with Gasteiger partial charge in [0.1, 0.15) is 0 Å². The van der Waals surface area contributed by atoms with Crippen LogP contribution in [0.5, 0.6) is 0 Å². The monoisotopic (exact) mass is 223 g/mol. The molecule has 1 nitrogen and oxygen atoms in total. The first-order chi connectivity index (χ1) is 7.04. The van der Waals surface area contributed by atoms with E-state index in [9.17, 15) is 0 Å². The lowest BCUT2D eigenvalue weighted by Gasteiger charge is -2.19. The minimum atomic E-state index is 0.258. The van der Waals surface area contributed by atoms with Crippen molar-refractivity contribution in [2.75, 3.05) is 19.3 Å². The van der Waals surface area contributed by atoms with Gasteiger partial charge < -0.3 is 5.32 Å². The van der Waals surface area contributed by atoms with Crippen molar-refractivity contribution in [3.05, 3.63) is 29.8 Å². The third-order valence-electron chi connectivity index (χ3n) is 2.34. The number of rotatable bonds is 4. The topological polar surface area (TPSA) is 12.0 Å². The van der Waals surface area contributed by atoms with Gasteiger partial charge in [0.2, 0.25) is 0 Å². The molecule has 0 aliphatic carbocycles. The molecule has 84 valence electrons. The van der Waals surface area contributed by atoms with Gasteiger partial charge in [-0.2, -0.15) is 0 Å². The molecule has 0 saturated carbocycles. The van der Waals surface area contributed by atoms with Crippen LogP contribution >= 0.6 is 11.8 Å². The van der Waals surface area contributed by atoms with Crippen LogP contribution in [-0.4, -0.2) is 19.3 Å². The molecule has 0 heterocycles. The zero-order valence-corrected chi connectivity index (χ0v) is 10.9. The summed E-state index contributed by atoms with van der Waals surface area (Å²) >= 11 is 1.90. The molecule has 0 bridgehead atoms. The van der Waals surface area contributed by atoms with Gasteiger partial charge in [-0.15, -0.1) is 11.8 Å². The van der Waals surface area contributed by atoms with E-state index in [1.165, 1.54) is 10.5 Å². The number of thioether (sulfide) groups is 1. The van der Waals surface area contributed by atoms with E-state index in [4.69, 9.17) is 0 Å². The second-order valence-corrected chi connectivity index (χ2v) is 5.89. The number of benzene rings is 1. The molecular weight excluding hydrogens is 202 g/mol. The van der Waals surface area contributed by atoms with Gasteiger partial charge in [0.15, 0.2) is 0 Å². The van der Waals surface area contributed by atoms with Crippen LogP contribution in [0, 0.1) is 0 Å². The number of hydrogen-bond acceptors (Lipinski definition) is 2. The normalized spacial score (nSPS) is 11.7. The lowest BCUT2D eigenvalue weighted by Crippen LogP contribution is -2.11. The first-order valence-electron chi connectivity index (χ1n) is 5.42. The van der Waals surface area contributed by atoms with Crippen LogP contribution < -0.4 is 5.32 Å². The van der Waals surface area contributed by atoms with Crippen molar-refractivity contribution in [2.24, 2.45) is 0 Å². The summed E-state index contributed by atoms with van der Waals surface area (Å²) in [6, 6.07) is 8.92. The van der Waals surface area contributed by atoms with Gasteiger partial charge in [0.25, 0.3) is 0 Å². The van der Waals surface area contributed by atoms with Crippen molar-refractivity contribution < 1.29 is 0 Å². The molecule has 0 aliphatic rings. The third kappa shape index (κ3) is 4.27. The molecule has 0 aliphatic heterocycles. The average Bonchev–Trinajstić information content (AvgIpc) is 2.18. The van der Waals surface area contributed by atoms with Crippen LogP contribution in [0.25, 0.3) is 0 Å². The molecule has 1 rings (SSSR count). The molecule has 1 aromatic rings. The molecule has 0 aromatic heterocycles. The van der Waals surface area contributed by atoms with Crippen molar-refractivity contribution in [3.63, 3.8) is 0 Å². The molecule has 2 heteroatoms. The van der Waals surface area contributed by atoms with Crippen LogP contribution in [0.2, 0.25) is 0 Å². The molecule has 15 heavy (non-hydrogen) atoms. The summed E-state index contributed by atoms with van der Waals surface area (Å²) in [5, 5.41) is 3.15. The van der Waals surface area contributed by atoms with Crippen LogP contribution in [0.15, 0.2) is 29.2 Å². The fourth-order valence-electron chi connectivity index (χ4n) is 1.32. The Labute approximate surface area is 97.7 Å². The minimum absolute atomic E-state index is 0.258. The van der Waals surface area contributed by atoms with Crippen molar-refractivity contribution in [1.82, 2.24) is 5.32 Å². The molecule has 1 N–H and O–H groups in total. The van der Waals surface area contributed by atoms with E-state index >= 15 is 0 Å². The second kappa shape index (κ2) is 5.57. The van der Waals surface area contributed by atoms with Crippen molar-refractivity contribution in [1.29, 1.82) is 0 Å². The second-order valence-electron chi connectivity index (χ2n) is 4.73. The highest BCUT2D eigenvalue weighted by molar-refractivity contribution is 7.99. The van der Waals surface area contributed by atoms with Crippen molar-refractivity contribution >= 4 is 11.8 Å². The zero-order valence-electron chi connectivity index (χ0n) is 10.1. The Balaban J connectivity index is 2.57. The first-order valence-corrected chi connectivity index (χ1v) is 6.40. The van der Waals surface area contributed by atoms with Gasteiger partial charge in [-0.05, 0) is 30.2 Å². The summed E-state index contributed by atoms with van der Waals surface area (Å²) < 4.78 is 0. The fraction of sp³-hybridized carbons (Fsp3) is 0.538. The Kier molecular flexibility index (Phi) is 4.68. The minimum Gasteiger partial charge on any atom is -0.319 e. The Hall–Kier alpha value is -0.470. The molecular formula is C13H21NS. The maximum absolute atomic E-state index is 3.15. The quantitative estimate of drug-likeness (QED) is 0.621. The highest BCUT2D eigenvalue weighted by atomic mass is 32.2. The van der Waals surface area contributed by atoms with Crippen molar-refractivity contribution in [2.45, 2.75) is 31.1 Å². The van der Waals surface area contributed by atoms with E-state index < -0.39 is 0 Å². The van der Waals surface area contributed by atoms with Crippen molar-refractivity contribution in [3.8, 4) is 0 Å². The van der Waals surface area contributed by atoms with E-state index in [2.05, 4.69) is 50.4 Å². The molecule has 0 saturated heterocycles. The average molecular weight is 223 g/mol. The molecule has 1 aromatic carbocycles.